The molecule has 1 heterocycles. The molecule has 1 aromatic heterocycles. The van der Waals surface area contributed by atoms with Gasteiger partial charge in [-0.05, 0) is 24.3 Å². The molecule has 0 saturated carbocycles. The molecule has 0 amide bonds. The SMILES string of the molecule is O=Cc1ccc2c(c1)c1ccccc1n2CC(=O)O. The summed E-state index contributed by atoms with van der Waals surface area (Å²) >= 11 is 0. The Kier molecular flexibility index (Phi) is 2.56. The molecule has 0 saturated heterocycles. The molecule has 0 unspecified atom stereocenters. The molecule has 0 bridgehead atoms. The maximum Gasteiger partial charge on any atom is 0.323 e. The molecule has 0 aliphatic heterocycles. The van der Waals surface area contributed by atoms with Crippen LogP contribution in [0.15, 0.2) is 42.5 Å². The number of fused-ring (bicyclic) bond motifs is 3. The van der Waals surface area contributed by atoms with Crippen molar-refractivity contribution >= 4 is 34.1 Å². The zero-order valence-corrected chi connectivity index (χ0v) is 10.0. The van der Waals surface area contributed by atoms with Gasteiger partial charge in [-0.25, -0.2) is 0 Å². The van der Waals surface area contributed by atoms with Crippen LogP contribution in [0.4, 0.5) is 0 Å². The largest absolute Gasteiger partial charge is 0.480 e. The average Bonchev–Trinajstić information content (AvgIpc) is 2.73. The van der Waals surface area contributed by atoms with Gasteiger partial charge in [0.1, 0.15) is 12.8 Å². The number of para-hydroxylation sites is 1. The molecular formula is C15H11NO3. The molecule has 0 fully saturated rings. The second-order valence-electron chi connectivity index (χ2n) is 4.39. The van der Waals surface area contributed by atoms with Crippen molar-refractivity contribution in [2.75, 3.05) is 0 Å². The summed E-state index contributed by atoms with van der Waals surface area (Å²) in [5.74, 6) is -0.887. The van der Waals surface area contributed by atoms with Crippen LogP contribution in [0.25, 0.3) is 21.8 Å². The number of benzene rings is 2. The Balaban J connectivity index is 2.43. The highest BCUT2D eigenvalue weighted by Crippen LogP contribution is 2.29. The fourth-order valence-electron chi connectivity index (χ4n) is 2.45. The lowest BCUT2D eigenvalue weighted by Gasteiger charge is -2.03. The highest BCUT2D eigenvalue weighted by molar-refractivity contribution is 6.09. The van der Waals surface area contributed by atoms with Crippen molar-refractivity contribution in [3.63, 3.8) is 0 Å². The lowest BCUT2D eigenvalue weighted by Crippen LogP contribution is -2.08. The van der Waals surface area contributed by atoms with Crippen LogP contribution in [-0.2, 0) is 11.3 Å². The Morgan fingerprint density at radius 3 is 2.58 bits per heavy atom. The van der Waals surface area contributed by atoms with Crippen molar-refractivity contribution in [1.29, 1.82) is 0 Å². The van der Waals surface area contributed by atoms with Gasteiger partial charge in [-0.3, -0.25) is 9.59 Å². The minimum atomic E-state index is -0.887. The van der Waals surface area contributed by atoms with Gasteiger partial charge in [-0.2, -0.15) is 0 Å². The summed E-state index contributed by atoms with van der Waals surface area (Å²) in [4.78, 5) is 21.9. The Hall–Kier alpha value is -2.62. The first kappa shape index (κ1) is 11.5. The maximum absolute atomic E-state index is 11.0. The molecule has 0 radical (unpaired) electrons. The van der Waals surface area contributed by atoms with Gasteiger partial charge in [0.2, 0.25) is 0 Å². The predicted molar refractivity (Wildman–Crippen MR) is 72.5 cm³/mol. The quantitative estimate of drug-likeness (QED) is 0.730. The lowest BCUT2D eigenvalue weighted by molar-refractivity contribution is -0.137. The zero-order valence-electron chi connectivity index (χ0n) is 10.0. The van der Waals surface area contributed by atoms with Crippen molar-refractivity contribution in [2.45, 2.75) is 6.54 Å². The first-order valence-electron chi connectivity index (χ1n) is 5.88. The van der Waals surface area contributed by atoms with Crippen LogP contribution in [-0.4, -0.2) is 21.9 Å². The van der Waals surface area contributed by atoms with E-state index in [9.17, 15) is 9.59 Å². The smallest absolute Gasteiger partial charge is 0.323 e. The molecule has 4 heteroatoms. The van der Waals surface area contributed by atoms with Gasteiger partial charge in [0.15, 0.2) is 0 Å². The Morgan fingerprint density at radius 1 is 1.11 bits per heavy atom. The normalized spacial score (nSPS) is 10.9. The second kappa shape index (κ2) is 4.24. The summed E-state index contributed by atoms with van der Waals surface area (Å²) < 4.78 is 1.75. The number of aromatic nitrogens is 1. The van der Waals surface area contributed by atoms with E-state index < -0.39 is 5.97 Å². The van der Waals surface area contributed by atoms with E-state index in [1.807, 2.05) is 24.3 Å². The summed E-state index contributed by atoms with van der Waals surface area (Å²) in [5, 5.41) is 10.9. The van der Waals surface area contributed by atoms with Gasteiger partial charge in [0.25, 0.3) is 0 Å². The third kappa shape index (κ3) is 1.78. The summed E-state index contributed by atoms with van der Waals surface area (Å²) in [5.41, 5.74) is 2.28. The van der Waals surface area contributed by atoms with Crippen LogP contribution in [0.5, 0.6) is 0 Å². The number of nitrogens with zero attached hydrogens (tertiary/aromatic N) is 1. The number of hydrogen-bond donors (Lipinski definition) is 1. The van der Waals surface area contributed by atoms with E-state index in [0.717, 1.165) is 28.1 Å². The summed E-state index contributed by atoms with van der Waals surface area (Å²) in [6.07, 6.45) is 0.794. The van der Waals surface area contributed by atoms with Gasteiger partial charge < -0.3 is 9.67 Å². The van der Waals surface area contributed by atoms with E-state index in [4.69, 9.17) is 5.11 Å². The number of carbonyl (C=O) groups is 2. The van der Waals surface area contributed by atoms with Crippen LogP contribution in [0.1, 0.15) is 10.4 Å². The Labute approximate surface area is 108 Å². The molecule has 4 nitrogen and oxygen atoms in total. The average molecular weight is 253 g/mol. The van der Waals surface area contributed by atoms with E-state index >= 15 is 0 Å². The van der Waals surface area contributed by atoms with Crippen molar-refractivity contribution in [2.24, 2.45) is 0 Å². The Morgan fingerprint density at radius 2 is 1.84 bits per heavy atom. The number of carbonyl (C=O) groups excluding carboxylic acids is 1. The zero-order chi connectivity index (χ0) is 13.4. The molecule has 19 heavy (non-hydrogen) atoms. The number of carboxylic acid groups (broad SMARTS) is 1. The number of rotatable bonds is 3. The monoisotopic (exact) mass is 253 g/mol. The topological polar surface area (TPSA) is 59.3 Å². The molecule has 0 aliphatic carbocycles. The van der Waals surface area contributed by atoms with Crippen LogP contribution in [0, 0.1) is 0 Å². The number of hydrogen-bond acceptors (Lipinski definition) is 2. The van der Waals surface area contributed by atoms with Gasteiger partial charge >= 0.3 is 5.97 Å². The third-order valence-corrected chi connectivity index (χ3v) is 3.23. The summed E-state index contributed by atoms with van der Waals surface area (Å²) in [7, 11) is 0. The maximum atomic E-state index is 11.0. The molecule has 94 valence electrons. The fraction of sp³-hybridized carbons (Fsp3) is 0.0667. The standard InChI is InChI=1S/C15H11NO3/c17-9-10-5-6-14-12(7-10)11-3-1-2-4-13(11)16(14)8-15(18)19/h1-7,9H,8H2,(H,18,19). The molecule has 0 spiro atoms. The minimum Gasteiger partial charge on any atom is -0.480 e. The van der Waals surface area contributed by atoms with Gasteiger partial charge in [-0.1, -0.05) is 18.2 Å². The van der Waals surface area contributed by atoms with Gasteiger partial charge in [-0.15, -0.1) is 0 Å². The first-order valence-corrected chi connectivity index (χ1v) is 5.88. The second-order valence-corrected chi connectivity index (χ2v) is 4.39. The Bertz CT molecular complexity index is 802. The first-order chi connectivity index (χ1) is 9.20. The van der Waals surface area contributed by atoms with E-state index in [2.05, 4.69) is 0 Å². The van der Waals surface area contributed by atoms with Crippen LogP contribution < -0.4 is 0 Å². The summed E-state index contributed by atoms with van der Waals surface area (Å²) in [6, 6.07) is 12.9. The fourth-order valence-corrected chi connectivity index (χ4v) is 2.45. The molecule has 0 atom stereocenters. The number of aldehydes is 1. The molecule has 3 aromatic rings. The minimum absolute atomic E-state index is 0.0928. The lowest BCUT2D eigenvalue weighted by atomic mass is 10.1. The van der Waals surface area contributed by atoms with Crippen molar-refractivity contribution in [1.82, 2.24) is 4.57 Å². The van der Waals surface area contributed by atoms with Gasteiger partial charge in [0, 0.05) is 27.4 Å². The van der Waals surface area contributed by atoms with E-state index in [-0.39, 0.29) is 6.54 Å². The molecule has 3 rings (SSSR count). The number of carboxylic acids is 1. The van der Waals surface area contributed by atoms with Crippen molar-refractivity contribution < 1.29 is 14.7 Å². The molecule has 2 aromatic carbocycles. The van der Waals surface area contributed by atoms with E-state index in [0.29, 0.717) is 5.56 Å². The van der Waals surface area contributed by atoms with Crippen LogP contribution >= 0.6 is 0 Å². The number of aliphatic carboxylic acids is 1. The predicted octanol–water partition coefficient (Wildman–Crippen LogP) is 2.69. The van der Waals surface area contributed by atoms with Crippen LogP contribution in [0.3, 0.4) is 0 Å². The van der Waals surface area contributed by atoms with Gasteiger partial charge in [0.05, 0.1) is 0 Å². The van der Waals surface area contributed by atoms with Crippen molar-refractivity contribution in [3.8, 4) is 0 Å². The van der Waals surface area contributed by atoms with Crippen molar-refractivity contribution in [3.05, 3.63) is 48.0 Å². The highest BCUT2D eigenvalue weighted by Gasteiger charge is 2.12. The highest BCUT2D eigenvalue weighted by atomic mass is 16.4. The third-order valence-electron chi connectivity index (χ3n) is 3.23. The van der Waals surface area contributed by atoms with Crippen LogP contribution in [0.2, 0.25) is 0 Å². The van der Waals surface area contributed by atoms with E-state index in [1.54, 1.807) is 22.8 Å². The molecule has 1 N–H and O–H groups in total. The molecule has 0 aliphatic rings. The molecular weight excluding hydrogens is 242 g/mol. The van der Waals surface area contributed by atoms with E-state index in [1.165, 1.54) is 0 Å². The summed E-state index contributed by atoms with van der Waals surface area (Å²) in [6.45, 7) is -0.0928.